The molecule has 152 valence electrons. The second-order valence-electron chi connectivity index (χ2n) is 6.91. The van der Waals surface area contributed by atoms with Crippen LogP contribution < -0.4 is 10.5 Å². The number of rotatable bonds is 8. The van der Waals surface area contributed by atoms with Crippen LogP contribution in [-0.4, -0.2) is 34.7 Å². The van der Waals surface area contributed by atoms with Gasteiger partial charge in [0.25, 0.3) is 0 Å². The van der Waals surface area contributed by atoms with Gasteiger partial charge >= 0.3 is 0 Å². The fraction of sp³-hybridized carbons (Fsp3) is 0.318. The molecule has 0 saturated heterocycles. The fourth-order valence-electron chi connectivity index (χ4n) is 3.17. The Kier molecular flexibility index (Phi) is 7.30. The van der Waals surface area contributed by atoms with Crippen molar-refractivity contribution in [3.63, 3.8) is 0 Å². The van der Waals surface area contributed by atoms with Crippen molar-refractivity contribution < 1.29 is 4.79 Å². The van der Waals surface area contributed by atoms with E-state index >= 15 is 0 Å². The molecular weight excluding hydrogens is 382 g/mol. The SMILES string of the molecule is CCCN(CCC)C(=O)C1=Cc2ccc(SNc3cccnc3)cc2N=C(N)C1. The molecule has 0 radical (unpaired) electrons. The highest BCUT2D eigenvalue weighted by molar-refractivity contribution is 8.00. The normalized spacial score (nSPS) is 13.0. The number of hydrogen-bond donors (Lipinski definition) is 2. The van der Waals surface area contributed by atoms with Crippen molar-refractivity contribution in [1.29, 1.82) is 0 Å². The molecule has 0 unspecified atom stereocenters. The van der Waals surface area contributed by atoms with Gasteiger partial charge < -0.3 is 15.4 Å². The van der Waals surface area contributed by atoms with Gasteiger partial charge in [-0.3, -0.25) is 9.78 Å². The Balaban J connectivity index is 1.81. The minimum absolute atomic E-state index is 0.0522. The zero-order valence-corrected chi connectivity index (χ0v) is 17.7. The Morgan fingerprint density at radius 3 is 2.72 bits per heavy atom. The van der Waals surface area contributed by atoms with E-state index in [0.717, 1.165) is 47.8 Å². The largest absolute Gasteiger partial charge is 0.387 e. The van der Waals surface area contributed by atoms with Crippen LogP contribution in [0.1, 0.15) is 38.7 Å². The third-order valence-corrected chi connectivity index (χ3v) is 5.29. The number of nitrogens with one attached hydrogen (secondary N) is 1. The molecular formula is C22H27N5OS. The molecule has 0 bridgehead atoms. The molecule has 3 N–H and O–H groups in total. The zero-order valence-electron chi connectivity index (χ0n) is 16.9. The lowest BCUT2D eigenvalue weighted by Crippen LogP contribution is -2.34. The highest BCUT2D eigenvalue weighted by Gasteiger charge is 2.20. The Morgan fingerprint density at radius 1 is 1.24 bits per heavy atom. The first kappa shape index (κ1) is 20.9. The smallest absolute Gasteiger partial charge is 0.250 e. The lowest BCUT2D eigenvalue weighted by molar-refractivity contribution is -0.127. The van der Waals surface area contributed by atoms with Crippen LogP contribution in [0, 0.1) is 0 Å². The summed E-state index contributed by atoms with van der Waals surface area (Å²) in [4.78, 5) is 24.6. The van der Waals surface area contributed by atoms with Gasteiger partial charge in [0.2, 0.25) is 5.91 Å². The summed E-state index contributed by atoms with van der Waals surface area (Å²) >= 11 is 1.48. The molecule has 29 heavy (non-hydrogen) atoms. The number of aromatic nitrogens is 1. The summed E-state index contributed by atoms with van der Waals surface area (Å²) in [6, 6.07) is 9.82. The molecule has 0 saturated carbocycles. The fourth-order valence-corrected chi connectivity index (χ4v) is 3.83. The van der Waals surface area contributed by atoms with Gasteiger partial charge in [-0.05, 0) is 55.1 Å². The van der Waals surface area contributed by atoms with Gasteiger partial charge in [-0.25, -0.2) is 4.99 Å². The summed E-state index contributed by atoms with van der Waals surface area (Å²) in [6.45, 7) is 5.68. The number of amidine groups is 1. The van der Waals surface area contributed by atoms with E-state index in [1.807, 2.05) is 41.3 Å². The third kappa shape index (κ3) is 5.60. The number of carbonyl (C=O) groups is 1. The number of amides is 1. The summed E-state index contributed by atoms with van der Waals surface area (Å²) in [5, 5.41) is 0. The number of anilines is 1. The number of fused-ring (bicyclic) bond motifs is 1. The number of carbonyl (C=O) groups excluding carboxylic acids is 1. The summed E-state index contributed by atoms with van der Waals surface area (Å²) in [5.41, 5.74) is 9.46. The van der Waals surface area contributed by atoms with Crippen LogP contribution in [0.15, 0.2) is 58.2 Å². The maximum absolute atomic E-state index is 13.0. The molecule has 2 heterocycles. The molecule has 6 nitrogen and oxygen atoms in total. The van der Waals surface area contributed by atoms with Crippen LogP contribution in [0.3, 0.4) is 0 Å². The monoisotopic (exact) mass is 409 g/mol. The van der Waals surface area contributed by atoms with E-state index in [1.165, 1.54) is 11.9 Å². The highest BCUT2D eigenvalue weighted by atomic mass is 32.2. The van der Waals surface area contributed by atoms with Crippen molar-refractivity contribution in [3.8, 4) is 0 Å². The van der Waals surface area contributed by atoms with Crippen molar-refractivity contribution in [2.45, 2.75) is 38.0 Å². The number of nitrogens with zero attached hydrogens (tertiary/aromatic N) is 3. The van der Waals surface area contributed by atoms with Crippen molar-refractivity contribution in [1.82, 2.24) is 9.88 Å². The van der Waals surface area contributed by atoms with Crippen molar-refractivity contribution in [2.24, 2.45) is 10.7 Å². The molecule has 3 rings (SSSR count). The second kappa shape index (κ2) is 10.1. The molecule has 1 aromatic heterocycles. The Morgan fingerprint density at radius 2 is 2.03 bits per heavy atom. The predicted molar refractivity (Wildman–Crippen MR) is 121 cm³/mol. The average Bonchev–Trinajstić information content (AvgIpc) is 2.90. The number of benzene rings is 1. The molecule has 1 aliphatic heterocycles. The maximum Gasteiger partial charge on any atom is 0.250 e. The molecule has 0 aliphatic carbocycles. The molecule has 0 fully saturated rings. The van der Waals surface area contributed by atoms with Crippen LogP contribution in [0.4, 0.5) is 11.4 Å². The van der Waals surface area contributed by atoms with Gasteiger partial charge in [0.1, 0.15) is 5.84 Å². The summed E-state index contributed by atoms with van der Waals surface area (Å²) in [6.07, 6.45) is 7.68. The molecule has 7 heteroatoms. The quantitative estimate of drug-likeness (QED) is 0.621. The number of hydrogen-bond acceptors (Lipinski definition) is 6. The van der Waals surface area contributed by atoms with E-state index in [-0.39, 0.29) is 5.91 Å². The van der Waals surface area contributed by atoms with Crippen LogP contribution in [0.25, 0.3) is 6.08 Å². The Hall–Kier alpha value is -2.80. The van der Waals surface area contributed by atoms with E-state index < -0.39 is 0 Å². The van der Waals surface area contributed by atoms with Crippen molar-refractivity contribution in [3.05, 3.63) is 53.9 Å². The van der Waals surface area contributed by atoms with E-state index in [4.69, 9.17) is 5.73 Å². The zero-order chi connectivity index (χ0) is 20.6. The van der Waals surface area contributed by atoms with Gasteiger partial charge in [-0.2, -0.15) is 0 Å². The van der Waals surface area contributed by atoms with E-state index in [2.05, 4.69) is 28.5 Å². The van der Waals surface area contributed by atoms with Crippen LogP contribution in [0.5, 0.6) is 0 Å². The molecule has 1 aliphatic rings. The van der Waals surface area contributed by atoms with Gasteiger partial charge in [0.15, 0.2) is 0 Å². The standard InChI is InChI=1S/C22H27N5OS/c1-3-10-27(11-4-2)22(28)17-12-16-7-8-19(14-20(16)25-21(23)13-17)29-26-18-6-5-9-24-15-18/h5-9,12,14-15,26H,3-4,10-11,13H2,1-2H3,(H2,23,25). The number of aliphatic imine (C=N–C) groups is 1. The first-order valence-electron chi connectivity index (χ1n) is 9.90. The third-order valence-electron chi connectivity index (χ3n) is 4.46. The summed E-state index contributed by atoms with van der Waals surface area (Å²) < 4.78 is 3.26. The highest BCUT2D eigenvalue weighted by Crippen LogP contribution is 2.32. The minimum atomic E-state index is 0.0522. The molecule has 1 aromatic carbocycles. The van der Waals surface area contributed by atoms with Crippen LogP contribution in [0.2, 0.25) is 0 Å². The van der Waals surface area contributed by atoms with Crippen LogP contribution >= 0.6 is 11.9 Å². The number of pyridine rings is 1. The van der Waals surface area contributed by atoms with Gasteiger partial charge in [-0.1, -0.05) is 19.9 Å². The minimum Gasteiger partial charge on any atom is -0.387 e. The Labute approximate surface area is 176 Å². The molecule has 1 amide bonds. The van der Waals surface area contributed by atoms with E-state index in [9.17, 15) is 4.79 Å². The second-order valence-corrected chi connectivity index (χ2v) is 7.79. The first-order chi connectivity index (χ1) is 14.1. The summed E-state index contributed by atoms with van der Waals surface area (Å²) in [7, 11) is 0. The average molecular weight is 410 g/mol. The topological polar surface area (TPSA) is 83.6 Å². The number of nitrogens with two attached hydrogens (primary N) is 1. The van der Waals surface area contributed by atoms with E-state index in [0.29, 0.717) is 17.8 Å². The van der Waals surface area contributed by atoms with Crippen molar-refractivity contribution in [2.75, 3.05) is 17.8 Å². The van der Waals surface area contributed by atoms with Gasteiger partial charge in [0.05, 0.1) is 17.6 Å². The first-order valence-corrected chi connectivity index (χ1v) is 10.7. The molecule has 2 aromatic rings. The van der Waals surface area contributed by atoms with E-state index in [1.54, 1.807) is 12.4 Å². The Bertz CT molecular complexity index is 905. The predicted octanol–water partition coefficient (Wildman–Crippen LogP) is 4.63. The molecule has 0 atom stereocenters. The van der Waals surface area contributed by atoms with Crippen molar-refractivity contribution >= 4 is 41.1 Å². The lowest BCUT2D eigenvalue weighted by atomic mass is 10.1. The van der Waals surface area contributed by atoms with Crippen LogP contribution in [-0.2, 0) is 4.79 Å². The van der Waals surface area contributed by atoms with Gasteiger partial charge in [0, 0.05) is 41.7 Å². The van der Waals surface area contributed by atoms with Gasteiger partial charge in [-0.15, -0.1) is 0 Å². The molecule has 0 spiro atoms. The lowest BCUT2D eigenvalue weighted by Gasteiger charge is -2.22. The summed E-state index contributed by atoms with van der Waals surface area (Å²) in [5.74, 6) is 0.509. The maximum atomic E-state index is 13.0.